The molecular weight excluding hydrogens is 254 g/mol. The first-order chi connectivity index (χ1) is 9.43. The van der Waals surface area contributed by atoms with Gasteiger partial charge in [0.05, 0.1) is 0 Å². The molecule has 3 heteroatoms. The van der Waals surface area contributed by atoms with Gasteiger partial charge in [0.2, 0.25) is 0 Å². The van der Waals surface area contributed by atoms with E-state index in [4.69, 9.17) is 4.74 Å². The molecule has 0 bridgehead atoms. The van der Waals surface area contributed by atoms with Gasteiger partial charge in [-0.25, -0.2) is 0 Å². The van der Waals surface area contributed by atoms with E-state index >= 15 is 0 Å². The lowest BCUT2D eigenvalue weighted by Crippen LogP contribution is -2.33. The average molecular weight is 279 g/mol. The molecule has 2 heterocycles. The summed E-state index contributed by atoms with van der Waals surface area (Å²) in [6.07, 6.45) is 8.12. The van der Waals surface area contributed by atoms with E-state index in [9.17, 15) is 0 Å². The molecule has 0 spiro atoms. The van der Waals surface area contributed by atoms with Crippen molar-refractivity contribution in [3.05, 3.63) is 22.4 Å². The molecule has 1 aliphatic carbocycles. The molecule has 3 rings (SSSR count). The maximum atomic E-state index is 5.45. The Morgan fingerprint density at radius 3 is 2.68 bits per heavy atom. The van der Waals surface area contributed by atoms with Gasteiger partial charge in [0.25, 0.3) is 0 Å². The van der Waals surface area contributed by atoms with Gasteiger partial charge in [-0.1, -0.05) is 18.9 Å². The molecule has 1 saturated heterocycles. The van der Waals surface area contributed by atoms with Crippen molar-refractivity contribution < 1.29 is 4.74 Å². The Kier molecular flexibility index (Phi) is 4.91. The molecule has 0 aromatic carbocycles. The number of hydrogen-bond acceptors (Lipinski definition) is 3. The fourth-order valence-electron chi connectivity index (χ4n) is 3.50. The maximum Gasteiger partial charge on any atom is 0.0469 e. The van der Waals surface area contributed by atoms with Crippen LogP contribution in [0, 0.1) is 11.8 Å². The molecule has 1 saturated carbocycles. The quantitative estimate of drug-likeness (QED) is 0.880. The van der Waals surface area contributed by atoms with Crippen molar-refractivity contribution in [3.63, 3.8) is 0 Å². The van der Waals surface area contributed by atoms with E-state index in [0.29, 0.717) is 6.04 Å². The fraction of sp³-hybridized carbons (Fsp3) is 0.750. The normalized spacial score (nSPS) is 23.8. The summed E-state index contributed by atoms with van der Waals surface area (Å²) in [5, 5.41) is 6.10. The fourth-order valence-corrected chi connectivity index (χ4v) is 4.40. The summed E-state index contributed by atoms with van der Waals surface area (Å²) >= 11 is 1.92. The first-order valence-corrected chi connectivity index (χ1v) is 8.66. The van der Waals surface area contributed by atoms with E-state index in [-0.39, 0.29) is 0 Å². The van der Waals surface area contributed by atoms with Crippen LogP contribution in [0.15, 0.2) is 17.5 Å². The van der Waals surface area contributed by atoms with Crippen LogP contribution in [0.1, 0.15) is 49.4 Å². The molecule has 1 unspecified atom stereocenters. The van der Waals surface area contributed by atoms with Crippen LogP contribution in [0.2, 0.25) is 0 Å². The Morgan fingerprint density at radius 1 is 1.21 bits per heavy atom. The number of ether oxygens (including phenoxy) is 1. The molecule has 1 atom stereocenters. The molecule has 1 aromatic heterocycles. The van der Waals surface area contributed by atoms with Crippen LogP contribution >= 0.6 is 11.3 Å². The molecule has 2 fully saturated rings. The molecule has 1 aromatic rings. The molecule has 1 aliphatic heterocycles. The van der Waals surface area contributed by atoms with Gasteiger partial charge in [-0.2, -0.15) is 0 Å². The lowest BCUT2D eigenvalue weighted by Gasteiger charge is -2.28. The number of thiophene rings is 1. The summed E-state index contributed by atoms with van der Waals surface area (Å²) in [5.41, 5.74) is 0. The number of hydrogen-bond donors (Lipinski definition) is 1. The second kappa shape index (κ2) is 6.87. The van der Waals surface area contributed by atoms with Crippen molar-refractivity contribution in [2.45, 2.75) is 44.6 Å². The van der Waals surface area contributed by atoms with Crippen LogP contribution in [-0.4, -0.2) is 19.8 Å². The first-order valence-electron chi connectivity index (χ1n) is 7.78. The van der Waals surface area contributed by atoms with Crippen molar-refractivity contribution in [2.24, 2.45) is 11.8 Å². The topological polar surface area (TPSA) is 21.3 Å². The Hall–Kier alpha value is -0.380. The second-order valence-corrected chi connectivity index (χ2v) is 6.98. The van der Waals surface area contributed by atoms with Gasteiger partial charge in [-0.05, 0) is 55.5 Å². The first kappa shape index (κ1) is 13.6. The number of nitrogens with one attached hydrogen (secondary N) is 1. The summed E-state index contributed by atoms with van der Waals surface area (Å²) in [6.45, 7) is 3.08. The van der Waals surface area contributed by atoms with Crippen LogP contribution in [0.3, 0.4) is 0 Å². The zero-order chi connectivity index (χ0) is 12.9. The van der Waals surface area contributed by atoms with Gasteiger partial charge in [0.1, 0.15) is 0 Å². The van der Waals surface area contributed by atoms with E-state index in [1.165, 1.54) is 45.1 Å². The van der Waals surface area contributed by atoms with E-state index in [0.717, 1.165) is 25.0 Å². The smallest absolute Gasteiger partial charge is 0.0469 e. The highest BCUT2D eigenvalue weighted by Gasteiger charge is 2.27. The van der Waals surface area contributed by atoms with E-state index < -0.39 is 0 Å². The van der Waals surface area contributed by atoms with Crippen LogP contribution < -0.4 is 5.32 Å². The van der Waals surface area contributed by atoms with Gasteiger partial charge in [-0.15, -0.1) is 11.3 Å². The van der Waals surface area contributed by atoms with Crippen LogP contribution in [0.5, 0.6) is 0 Å². The third kappa shape index (κ3) is 3.59. The van der Waals surface area contributed by atoms with Crippen LogP contribution in [-0.2, 0) is 4.74 Å². The van der Waals surface area contributed by atoms with E-state index in [1.807, 2.05) is 11.3 Å². The lowest BCUT2D eigenvalue weighted by molar-refractivity contribution is 0.0647. The molecule has 1 N–H and O–H groups in total. The Balaban J connectivity index is 1.58. The zero-order valence-corrected chi connectivity index (χ0v) is 12.5. The average Bonchev–Trinajstić information content (AvgIpc) is 3.13. The van der Waals surface area contributed by atoms with Gasteiger partial charge < -0.3 is 10.1 Å². The minimum atomic E-state index is 0.602. The van der Waals surface area contributed by atoms with Crippen molar-refractivity contribution in [1.82, 2.24) is 5.32 Å². The Morgan fingerprint density at radius 2 is 2.00 bits per heavy atom. The molecule has 19 heavy (non-hydrogen) atoms. The summed E-state index contributed by atoms with van der Waals surface area (Å²) in [4.78, 5) is 1.54. The summed E-state index contributed by atoms with van der Waals surface area (Å²) in [6, 6.07) is 5.10. The highest BCUT2D eigenvalue weighted by atomic mass is 32.1. The third-order valence-corrected chi connectivity index (χ3v) is 5.64. The van der Waals surface area contributed by atoms with Crippen LogP contribution in [0.4, 0.5) is 0 Å². The maximum absolute atomic E-state index is 5.45. The molecule has 0 amide bonds. The predicted octanol–water partition coefficient (Wildman–Crippen LogP) is 4.00. The third-order valence-electron chi connectivity index (χ3n) is 4.69. The van der Waals surface area contributed by atoms with Gasteiger partial charge >= 0.3 is 0 Å². The summed E-state index contributed by atoms with van der Waals surface area (Å²) < 4.78 is 5.45. The van der Waals surface area contributed by atoms with Crippen molar-refractivity contribution in [2.75, 3.05) is 19.8 Å². The Bertz CT molecular complexity index is 353. The largest absolute Gasteiger partial charge is 0.381 e. The second-order valence-electron chi connectivity index (χ2n) is 6.00. The van der Waals surface area contributed by atoms with E-state index in [2.05, 4.69) is 22.8 Å². The highest BCUT2D eigenvalue weighted by molar-refractivity contribution is 7.10. The molecule has 2 aliphatic rings. The predicted molar refractivity (Wildman–Crippen MR) is 80.6 cm³/mol. The van der Waals surface area contributed by atoms with Crippen molar-refractivity contribution in [1.29, 1.82) is 0 Å². The molecule has 0 radical (unpaired) electrons. The van der Waals surface area contributed by atoms with Gasteiger partial charge in [0.15, 0.2) is 0 Å². The van der Waals surface area contributed by atoms with Gasteiger partial charge in [0, 0.05) is 24.1 Å². The van der Waals surface area contributed by atoms with Crippen molar-refractivity contribution >= 4 is 11.3 Å². The zero-order valence-electron chi connectivity index (χ0n) is 11.6. The summed E-state index contributed by atoms with van der Waals surface area (Å²) in [7, 11) is 0. The minimum absolute atomic E-state index is 0.602. The lowest BCUT2D eigenvalue weighted by atomic mass is 9.94. The van der Waals surface area contributed by atoms with Crippen LogP contribution in [0.25, 0.3) is 0 Å². The minimum Gasteiger partial charge on any atom is -0.381 e. The Labute approximate surface area is 120 Å². The summed E-state index contributed by atoms with van der Waals surface area (Å²) in [5.74, 6) is 1.68. The molecule has 2 nitrogen and oxygen atoms in total. The van der Waals surface area contributed by atoms with Gasteiger partial charge in [-0.3, -0.25) is 0 Å². The SMILES string of the molecule is c1csc(C(NCC2CCOCC2)C2CCCC2)c1. The van der Waals surface area contributed by atoms with Crippen molar-refractivity contribution in [3.8, 4) is 0 Å². The number of rotatable bonds is 5. The highest BCUT2D eigenvalue weighted by Crippen LogP contribution is 2.37. The standard InChI is InChI=1S/C16H25NOS/c1-2-5-14(4-1)16(15-6-3-11-19-15)17-12-13-7-9-18-10-8-13/h3,6,11,13-14,16-17H,1-2,4-5,7-10,12H2. The molecule has 106 valence electrons. The molecular formula is C16H25NOS. The monoisotopic (exact) mass is 279 g/mol. The van der Waals surface area contributed by atoms with E-state index in [1.54, 1.807) is 4.88 Å².